The van der Waals surface area contributed by atoms with Gasteiger partial charge < -0.3 is 15.2 Å². The number of carbonyl (C=O) groups is 2. The van der Waals surface area contributed by atoms with Gasteiger partial charge >= 0.3 is 5.97 Å². The van der Waals surface area contributed by atoms with Crippen LogP contribution in [0.1, 0.15) is 33.1 Å². The second kappa shape index (κ2) is 7.53. The number of carbonyl (C=O) groups excluding carboxylic acids is 1. The van der Waals surface area contributed by atoms with Gasteiger partial charge in [0.25, 0.3) is 0 Å². The van der Waals surface area contributed by atoms with Crippen LogP contribution in [-0.2, 0) is 9.59 Å². The summed E-state index contributed by atoms with van der Waals surface area (Å²) >= 11 is 0. The number of carboxylic acid groups (broad SMARTS) is 1. The fourth-order valence-corrected chi connectivity index (χ4v) is 1.60. The average molecular weight is 279 g/mol. The van der Waals surface area contributed by atoms with E-state index >= 15 is 0 Å². The molecule has 1 atom stereocenters. The number of nitrogens with one attached hydrogen (secondary N) is 1. The van der Waals surface area contributed by atoms with Crippen molar-refractivity contribution in [1.82, 2.24) is 5.32 Å². The molecule has 1 amide bonds. The Labute approximate surface area is 118 Å². The Balaban J connectivity index is 2.28. The number of para-hydroxylation sites is 1. The van der Waals surface area contributed by atoms with Gasteiger partial charge in [0.15, 0.2) is 0 Å². The Bertz CT molecular complexity index is 446. The van der Waals surface area contributed by atoms with Crippen molar-refractivity contribution < 1.29 is 19.4 Å². The quantitative estimate of drug-likeness (QED) is 0.715. The minimum atomic E-state index is -1.20. The van der Waals surface area contributed by atoms with E-state index in [2.05, 4.69) is 5.32 Å². The third kappa shape index (κ3) is 4.91. The zero-order chi connectivity index (χ0) is 15.0. The molecule has 1 unspecified atom stereocenters. The SMILES string of the molecule is CCC(C)(NC(=O)CCCOc1ccccc1)C(=O)O. The lowest BCUT2D eigenvalue weighted by Gasteiger charge is -2.24. The van der Waals surface area contributed by atoms with Crippen LogP contribution in [0.3, 0.4) is 0 Å². The molecule has 0 bridgehead atoms. The molecule has 20 heavy (non-hydrogen) atoms. The molecule has 0 heterocycles. The van der Waals surface area contributed by atoms with Crippen molar-refractivity contribution in [3.8, 4) is 5.75 Å². The Morgan fingerprint density at radius 1 is 1.30 bits per heavy atom. The molecule has 5 nitrogen and oxygen atoms in total. The molecule has 1 aromatic rings. The summed E-state index contributed by atoms with van der Waals surface area (Å²) in [6, 6.07) is 9.35. The van der Waals surface area contributed by atoms with Crippen molar-refractivity contribution in [3.05, 3.63) is 30.3 Å². The Hall–Kier alpha value is -2.04. The normalized spacial score (nSPS) is 13.3. The summed E-state index contributed by atoms with van der Waals surface area (Å²) in [5.74, 6) is -0.529. The summed E-state index contributed by atoms with van der Waals surface area (Å²) in [7, 11) is 0. The van der Waals surface area contributed by atoms with Gasteiger partial charge in [0, 0.05) is 6.42 Å². The van der Waals surface area contributed by atoms with E-state index in [1.807, 2.05) is 30.3 Å². The second-order valence-corrected chi connectivity index (χ2v) is 4.80. The number of ether oxygens (including phenoxy) is 1. The molecule has 2 N–H and O–H groups in total. The molecule has 1 rings (SSSR count). The first-order chi connectivity index (χ1) is 9.48. The van der Waals surface area contributed by atoms with Crippen LogP contribution >= 0.6 is 0 Å². The lowest BCUT2D eigenvalue weighted by molar-refractivity contribution is -0.147. The van der Waals surface area contributed by atoms with E-state index in [-0.39, 0.29) is 12.3 Å². The topological polar surface area (TPSA) is 75.6 Å². The number of rotatable bonds is 8. The first kappa shape index (κ1) is 16.0. The van der Waals surface area contributed by atoms with Gasteiger partial charge in [0.05, 0.1) is 6.61 Å². The number of amides is 1. The van der Waals surface area contributed by atoms with Crippen LogP contribution in [-0.4, -0.2) is 29.1 Å². The number of hydrogen-bond donors (Lipinski definition) is 2. The first-order valence-corrected chi connectivity index (χ1v) is 6.70. The van der Waals surface area contributed by atoms with E-state index in [0.29, 0.717) is 19.4 Å². The summed E-state index contributed by atoms with van der Waals surface area (Å²) in [4.78, 5) is 22.8. The molecule has 0 fully saturated rings. The van der Waals surface area contributed by atoms with E-state index in [1.54, 1.807) is 6.92 Å². The Kier molecular flexibility index (Phi) is 6.03. The van der Waals surface area contributed by atoms with Crippen LogP contribution in [0.5, 0.6) is 5.75 Å². The van der Waals surface area contributed by atoms with Crippen molar-refractivity contribution in [3.63, 3.8) is 0 Å². The third-order valence-corrected chi connectivity index (χ3v) is 3.15. The van der Waals surface area contributed by atoms with Gasteiger partial charge in [0.2, 0.25) is 5.91 Å². The summed E-state index contributed by atoms with van der Waals surface area (Å²) in [5, 5.41) is 11.6. The lowest BCUT2D eigenvalue weighted by Crippen LogP contribution is -2.51. The van der Waals surface area contributed by atoms with Gasteiger partial charge in [-0.25, -0.2) is 4.79 Å². The van der Waals surface area contributed by atoms with Crippen LogP contribution in [0.25, 0.3) is 0 Å². The van der Waals surface area contributed by atoms with E-state index in [4.69, 9.17) is 9.84 Å². The van der Waals surface area contributed by atoms with Crippen LogP contribution in [0, 0.1) is 0 Å². The van der Waals surface area contributed by atoms with Gasteiger partial charge in [0.1, 0.15) is 11.3 Å². The Morgan fingerprint density at radius 3 is 2.50 bits per heavy atom. The zero-order valence-corrected chi connectivity index (χ0v) is 11.9. The molecule has 0 aliphatic rings. The predicted octanol–water partition coefficient (Wildman–Crippen LogP) is 2.22. The summed E-state index contributed by atoms with van der Waals surface area (Å²) < 4.78 is 5.46. The minimum Gasteiger partial charge on any atom is -0.494 e. The maximum atomic E-state index is 11.7. The smallest absolute Gasteiger partial charge is 0.329 e. The van der Waals surface area contributed by atoms with Gasteiger partial charge in [-0.15, -0.1) is 0 Å². The Morgan fingerprint density at radius 2 is 1.95 bits per heavy atom. The van der Waals surface area contributed by atoms with Crippen LogP contribution in [0.2, 0.25) is 0 Å². The van der Waals surface area contributed by atoms with Crippen molar-refractivity contribution in [1.29, 1.82) is 0 Å². The molecule has 110 valence electrons. The molecule has 0 aliphatic carbocycles. The fourth-order valence-electron chi connectivity index (χ4n) is 1.60. The summed E-state index contributed by atoms with van der Waals surface area (Å²) in [5.41, 5.74) is -1.20. The van der Waals surface area contributed by atoms with E-state index < -0.39 is 11.5 Å². The highest BCUT2D eigenvalue weighted by atomic mass is 16.5. The summed E-state index contributed by atoms with van der Waals surface area (Å²) in [6.07, 6.45) is 1.13. The number of carboxylic acids is 1. The average Bonchev–Trinajstić information content (AvgIpc) is 2.44. The third-order valence-electron chi connectivity index (χ3n) is 3.15. The largest absolute Gasteiger partial charge is 0.494 e. The van der Waals surface area contributed by atoms with E-state index in [1.165, 1.54) is 6.92 Å². The molecule has 0 saturated heterocycles. The van der Waals surface area contributed by atoms with Gasteiger partial charge in [-0.2, -0.15) is 0 Å². The minimum absolute atomic E-state index is 0.246. The lowest BCUT2D eigenvalue weighted by atomic mass is 9.99. The van der Waals surface area contributed by atoms with Gasteiger partial charge in [-0.1, -0.05) is 25.1 Å². The molecule has 5 heteroatoms. The van der Waals surface area contributed by atoms with Crippen molar-refractivity contribution in [2.45, 2.75) is 38.6 Å². The second-order valence-electron chi connectivity index (χ2n) is 4.80. The number of hydrogen-bond acceptors (Lipinski definition) is 3. The maximum Gasteiger partial charge on any atom is 0.329 e. The number of aliphatic carboxylic acids is 1. The van der Waals surface area contributed by atoms with Crippen LogP contribution in [0.4, 0.5) is 0 Å². The van der Waals surface area contributed by atoms with Gasteiger partial charge in [-0.05, 0) is 31.9 Å². The molecule has 0 radical (unpaired) electrons. The van der Waals surface area contributed by atoms with Gasteiger partial charge in [-0.3, -0.25) is 4.79 Å². The maximum absolute atomic E-state index is 11.7. The fraction of sp³-hybridized carbons (Fsp3) is 0.467. The highest BCUT2D eigenvalue weighted by Gasteiger charge is 2.32. The van der Waals surface area contributed by atoms with E-state index in [9.17, 15) is 9.59 Å². The summed E-state index contributed by atoms with van der Waals surface area (Å²) in [6.45, 7) is 3.66. The highest BCUT2D eigenvalue weighted by Crippen LogP contribution is 2.11. The standard InChI is InChI=1S/C15H21NO4/c1-3-15(2,14(18)19)16-13(17)10-7-11-20-12-8-5-4-6-9-12/h4-6,8-9H,3,7,10-11H2,1-2H3,(H,16,17)(H,18,19). The number of benzene rings is 1. The molecule has 1 aromatic carbocycles. The molecular formula is C15H21NO4. The van der Waals surface area contributed by atoms with Crippen molar-refractivity contribution >= 4 is 11.9 Å². The van der Waals surface area contributed by atoms with Crippen LogP contribution in [0.15, 0.2) is 30.3 Å². The monoisotopic (exact) mass is 279 g/mol. The molecule has 0 aliphatic heterocycles. The highest BCUT2D eigenvalue weighted by molar-refractivity contribution is 5.86. The first-order valence-electron chi connectivity index (χ1n) is 6.70. The molecular weight excluding hydrogens is 258 g/mol. The molecule has 0 aromatic heterocycles. The van der Waals surface area contributed by atoms with E-state index in [0.717, 1.165) is 5.75 Å². The molecule has 0 spiro atoms. The van der Waals surface area contributed by atoms with Crippen molar-refractivity contribution in [2.75, 3.05) is 6.61 Å². The van der Waals surface area contributed by atoms with Crippen molar-refractivity contribution in [2.24, 2.45) is 0 Å². The van der Waals surface area contributed by atoms with Crippen LogP contribution < -0.4 is 10.1 Å². The molecule has 0 saturated carbocycles. The zero-order valence-electron chi connectivity index (χ0n) is 11.9. The predicted molar refractivity (Wildman–Crippen MR) is 75.6 cm³/mol.